The minimum atomic E-state index is -0.159. The lowest BCUT2D eigenvalue weighted by Crippen LogP contribution is -2.23. The van der Waals surface area contributed by atoms with E-state index in [0.29, 0.717) is 11.4 Å². The number of carbonyl (C=O) groups is 1. The number of amides is 1. The smallest absolute Gasteiger partial charge is 0.251 e. The summed E-state index contributed by atoms with van der Waals surface area (Å²) in [4.78, 5) is 15.5. The molecule has 0 atom stereocenters. The second-order valence-corrected chi connectivity index (χ2v) is 3.44. The fraction of sp³-hybridized carbons (Fsp3) is 0.100. The van der Waals surface area contributed by atoms with E-state index in [1.54, 1.807) is 24.3 Å². The second kappa shape index (κ2) is 4.76. The first kappa shape index (κ1) is 10.6. The van der Waals surface area contributed by atoms with Gasteiger partial charge in [-0.2, -0.15) is 0 Å². The molecule has 0 saturated carbocycles. The van der Waals surface area contributed by atoms with E-state index in [1.807, 2.05) is 6.07 Å². The van der Waals surface area contributed by atoms with Crippen molar-refractivity contribution in [1.29, 1.82) is 0 Å². The van der Waals surface area contributed by atoms with Crippen LogP contribution in [0.15, 0.2) is 30.3 Å². The maximum absolute atomic E-state index is 11.6. The summed E-state index contributed by atoms with van der Waals surface area (Å²) in [6.07, 6.45) is 0. The van der Waals surface area contributed by atoms with Gasteiger partial charge in [0.05, 0.1) is 6.54 Å². The molecule has 2 N–H and O–H groups in total. The van der Waals surface area contributed by atoms with E-state index >= 15 is 0 Å². The van der Waals surface area contributed by atoms with Gasteiger partial charge in [-0.05, 0) is 23.7 Å². The first-order valence-corrected chi connectivity index (χ1v) is 5.03. The molecule has 1 amide bonds. The van der Waals surface area contributed by atoms with Gasteiger partial charge in [-0.3, -0.25) is 9.89 Å². The maximum atomic E-state index is 11.6. The number of aromatic nitrogens is 3. The van der Waals surface area contributed by atoms with E-state index in [2.05, 4.69) is 20.5 Å². The number of hydrogen-bond acceptors (Lipinski definition) is 3. The summed E-state index contributed by atoms with van der Waals surface area (Å²) in [5.41, 5.74) is 0.605. The van der Waals surface area contributed by atoms with Crippen LogP contribution in [0.1, 0.15) is 16.2 Å². The molecule has 6 heteroatoms. The number of nitrogens with one attached hydrogen (secondary N) is 2. The van der Waals surface area contributed by atoms with Crippen LogP contribution < -0.4 is 5.32 Å². The molecule has 0 bridgehead atoms. The highest BCUT2D eigenvalue weighted by molar-refractivity contribution is 6.28. The SMILES string of the molecule is O=C(NCc1nc(Cl)n[nH]1)c1ccccc1. The van der Waals surface area contributed by atoms with Crippen molar-refractivity contribution in [3.05, 3.63) is 47.0 Å². The molecule has 0 fully saturated rings. The maximum Gasteiger partial charge on any atom is 0.251 e. The van der Waals surface area contributed by atoms with Gasteiger partial charge in [-0.15, -0.1) is 5.10 Å². The molecule has 0 unspecified atom stereocenters. The molecular formula is C10H9ClN4O. The van der Waals surface area contributed by atoms with E-state index < -0.39 is 0 Å². The fourth-order valence-electron chi connectivity index (χ4n) is 1.21. The van der Waals surface area contributed by atoms with Crippen molar-refractivity contribution < 1.29 is 4.79 Å². The average Bonchev–Trinajstić information content (AvgIpc) is 2.73. The van der Waals surface area contributed by atoms with Gasteiger partial charge in [0.15, 0.2) is 0 Å². The van der Waals surface area contributed by atoms with Crippen molar-refractivity contribution in [2.75, 3.05) is 0 Å². The zero-order valence-corrected chi connectivity index (χ0v) is 9.03. The summed E-state index contributed by atoms with van der Waals surface area (Å²) in [6.45, 7) is 0.271. The molecule has 0 spiro atoms. The number of carbonyl (C=O) groups excluding carboxylic acids is 1. The standard InChI is InChI=1S/C10H9ClN4O/c11-10-13-8(14-15-10)6-12-9(16)7-4-2-1-3-5-7/h1-5H,6H2,(H,12,16)(H,13,14,15). The van der Waals surface area contributed by atoms with Crippen LogP contribution in [-0.2, 0) is 6.54 Å². The van der Waals surface area contributed by atoms with Crippen LogP contribution in [-0.4, -0.2) is 21.1 Å². The molecule has 5 nitrogen and oxygen atoms in total. The Morgan fingerprint density at radius 3 is 2.75 bits per heavy atom. The number of halogens is 1. The monoisotopic (exact) mass is 236 g/mol. The molecule has 0 radical (unpaired) electrons. The number of nitrogens with zero attached hydrogens (tertiary/aromatic N) is 2. The molecule has 2 rings (SSSR count). The zero-order chi connectivity index (χ0) is 11.4. The van der Waals surface area contributed by atoms with E-state index in [4.69, 9.17) is 11.6 Å². The van der Waals surface area contributed by atoms with Gasteiger partial charge in [0, 0.05) is 5.56 Å². The molecule has 0 aliphatic carbocycles. The van der Waals surface area contributed by atoms with E-state index in [-0.39, 0.29) is 17.7 Å². The molecule has 1 aromatic carbocycles. The summed E-state index contributed by atoms with van der Waals surface area (Å²) in [7, 11) is 0. The van der Waals surface area contributed by atoms with Crippen LogP contribution in [0, 0.1) is 0 Å². The summed E-state index contributed by atoms with van der Waals surface area (Å²) < 4.78 is 0. The third kappa shape index (κ3) is 2.58. The Labute approximate surface area is 96.8 Å². The number of H-pyrrole nitrogens is 1. The summed E-state index contributed by atoms with van der Waals surface area (Å²) >= 11 is 5.53. The molecule has 1 heterocycles. The van der Waals surface area contributed by atoms with Gasteiger partial charge in [0.25, 0.3) is 5.91 Å². The Balaban J connectivity index is 1.94. The molecule has 16 heavy (non-hydrogen) atoms. The largest absolute Gasteiger partial charge is 0.345 e. The van der Waals surface area contributed by atoms with Gasteiger partial charge < -0.3 is 5.32 Å². The topological polar surface area (TPSA) is 70.7 Å². The quantitative estimate of drug-likeness (QED) is 0.846. The molecule has 1 aromatic heterocycles. The van der Waals surface area contributed by atoms with Crippen LogP contribution in [0.25, 0.3) is 0 Å². The van der Waals surface area contributed by atoms with Gasteiger partial charge in [0.1, 0.15) is 5.82 Å². The highest BCUT2D eigenvalue weighted by Gasteiger charge is 2.05. The zero-order valence-electron chi connectivity index (χ0n) is 8.27. The Bertz CT molecular complexity index is 483. The first-order chi connectivity index (χ1) is 7.75. The molecule has 2 aromatic rings. The van der Waals surface area contributed by atoms with Crippen molar-refractivity contribution in [3.8, 4) is 0 Å². The number of aromatic amines is 1. The third-order valence-corrected chi connectivity index (χ3v) is 2.13. The van der Waals surface area contributed by atoms with Gasteiger partial charge >= 0.3 is 0 Å². The third-order valence-electron chi connectivity index (χ3n) is 1.96. The van der Waals surface area contributed by atoms with Crippen molar-refractivity contribution in [3.63, 3.8) is 0 Å². The van der Waals surface area contributed by atoms with Gasteiger partial charge in [0.2, 0.25) is 5.28 Å². The first-order valence-electron chi connectivity index (χ1n) is 4.66. The summed E-state index contributed by atoms with van der Waals surface area (Å²) in [6, 6.07) is 8.94. The number of benzene rings is 1. The van der Waals surface area contributed by atoms with Gasteiger partial charge in [-0.25, -0.2) is 4.98 Å². The normalized spacial score (nSPS) is 10.1. The molecule has 0 aliphatic heterocycles. The molecular weight excluding hydrogens is 228 g/mol. The second-order valence-electron chi connectivity index (χ2n) is 3.10. The summed E-state index contributed by atoms with van der Waals surface area (Å²) in [5, 5.41) is 9.09. The van der Waals surface area contributed by atoms with E-state index in [0.717, 1.165) is 0 Å². The minimum Gasteiger partial charge on any atom is -0.345 e. The lowest BCUT2D eigenvalue weighted by Gasteiger charge is -2.01. The lowest BCUT2D eigenvalue weighted by atomic mass is 10.2. The van der Waals surface area contributed by atoms with Crippen molar-refractivity contribution in [2.24, 2.45) is 0 Å². The summed E-state index contributed by atoms with van der Waals surface area (Å²) in [5.74, 6) is 0.363. The molecule has 0 saturated heterocycles. The van der Waals surface area contributed by atoms with Crippen molar-refractivity contribution >= 4 is 17.5 Å². The van der Waals surface area contributed by atoms with Crippen LogP contribution in [0.4, 0.5) is 0 Å². The van der Waals surface area contributed by atoms with Crippen LogP contribution in [0.3, 0.4) is 0 Å². The van der Waals surface area contributed by atoms with Crippen LogP contribution in [0.5, 0.6) is 0 Å². The van der Waals surface area contributed by atoms with Crippen molar-refractivity contribution in [1.82, 2.24) is 20.5 Å². The number of rotatable bonds is 3. The molecule has 0 aliphatic rings. The van der Waals surface area contributed by atoms with Crippen LogP contribution >= 0.6 is 11.6 Å². The van der Waals surface area contributed by atoms with Crippen molar-refractivity contribution in [2.45, 2.75) is 6.54 Å². The highest BCUT2D eigenvalue weighted by Crippen LogP contribution is 2.00. The average molecular weight is 237 g/mol. The molecule has 82 valence electrons. The Morgan fingerprint density at radius 2 is 2.12 bits per heavy atom. The predicted molar refractivity (Wildman–Crippen MR) is 59.0 cm³/mol. The van der Waals surface area contributed by atoms with E-state index in [1.165, 1.54) is 0 Å². The Kier molecular flexibility index (Phi) is 3.16. The Morgan fingerprint density at radius 1 is 1.38 bits per heavy atom. The predicted octanol–water partition coefficient (Wildman–Crippen LogP) is 1.39. The van der Waals surface area contributed by atoms with Crippen LogP contribution in [0.2, 0.25) is 5.28 Å². The van der Waals surface area contributed by atoms with E-state index in [9.17, 15) is 4.79 Å². The minimum absolute atomic E-state index is 0.143. The number of hydrogen-bond donors (Lipinski definition) is 2. The van der Waals surface area contributed by atoms with Gasteiger partial charge in [-0.1, -0.05) is 18.2 Å². The highest BCUT2D eigenvalue weighted by atomic mass is 35.5. The Hall–Kier alpha value is -1.88. The lowest BCUT2D eigenvalue weighted by molar-refractivity contribution is 0.0950. The fourth-order valence-corrected chi connectivity index (χ4v) is 1.35.